The van der Waals surface area contributed by atoms with Gasteiger partial charge in [0.05, 0.1) is 26.0 Å². The predicted octanol–water partition coefficient (Wildman–Crippen LogP) is 1.63. The molecule has 8 nitrogen and oxygen atoms in total. The number of pyridine rings is 1. The molecule has 1 amide bonds. The predicted molar refractivity (Wildman–Crippen MR) is 109 cm³/mol. The number of ether oxygens (including phenoxy) is 1. The standard InChI is InChI=1S/C21H30N6O2/c28-21(20-17-26(24-23-20)12-11-25-13-15-29-16-14-25)27-10-4-2-6-19(27)8-7-18-5-1-3-9-22-18/h1,3,5,9,17,19H,2,4,6-8,10-16H2/t19-/m0/s1. The van der Waals surface area contributed by atoms with E-state index >= 15 is 0 Å². The van der Waals surface area contributed by atoms with Gasteiger partial charge in [-0.05, 0) is 44.2 Å². The first-order valence-corrected chi connectivity index (χ1v) is 10.7. The number of nitrogens with zero attached hydrogens (tertiary/aromatic N) is 6. The van der Waals surface area contributed by atoms with Crippen molar-refractivity contribution >= 4 is 5.91 Å². The van der Waals surface area contributed by atoms with Crippen molar-refractivity contribution in [2.45, 2.75) is 44.7 Å². The summed E-state index contributed by atoms with van der Waals surface area (Å²) in [5, 5.41) is 8.36. The summed E-state index contributed by atoms with van der Waals surface area (Å²) in [5.74, 6) is 0.00773. The number of aromatic nitrogens is 4. The van der Waals surface area contributed by atoms with E-state index in [9.17, 15) is 4.79 Å². The lowest BCUT2D eigenvalue weighted by Crippen LogP contribution is -2.44. The first kappa shape index (κ1) is 20.0. The number of carbonyl (C=O) groups is 1. The Kier molecular flexibility index (Phi) is 6.84. The van der Waals surface area contributed by atoms with Crippen LogP contribution in [-0.2, 0) is 17.7 Å². The topological polar surface area (TPSA) is 76.4 Å². The molecule has 29 heavy (non-hydrogen) atoms. The number of hydrogen-bond acceptors (Lipinski definition) is 6. The van der Waals surface area contributed by atoms with Crippen molar-refractivity contribution < 1.29 is 9.53 Å². The van der Waals surface area contributed by atoms with Gasteiger partial charge in [0.2, 0.25) is 0 Å². The van der Waals surface area contributed by atoms with Gasteiger partial charge in [-0.3, -0.25) is 19.4 Å². The molecule has 2 saturated heterocycles. The zero-order valence-electron chi connectivity index (χ0n) is 16.9. The minimum Gasteiger partial charge on any atom is -0.379 e. The van der Waals surface area contributed by atoms with Gasteiger partial charge in [-0.2, -0.15) is 0 Å². The average molecular weight is 399 g/mol. The Morgan fingerprint density at radius 2 is 2.03 bits per heavy atom. The minimum absolute atomic E-state index is 0.00773. The first-order valence-electron chi connectivity index (χ1n) is 10.7. The van der Waals surface area contributed by atoms with Crippen LogP contribution >= 0.6 is 0 Å². The second-order valence-corrected chi connectivity index (χ2v) is 7.83. The molecule has 0 aliphatic carbocycles. The van der Waals surface area contributed by atoms with Crippen LogP contribution in [0.2, 0.25) is 0 Å². The third-order valence-corrected chi connectivity index (χ3v) is 5.85. The summed E-state index contributed by atoms with van der Waals surface area (Å²) in [6, 6.07) is 6.25. The van der Waals surface area contributed by atoms with E-state index in [0.717, 1.165) is 77.3 Å². The summed E-state index contributed by atoms with van der Waals surface area (Å²) in [6.45, 7) is 5.91. The van der Waals surface area contributed by atoms with Crippen LogP contribution in [0.3, 0.4) is 0 Å². The third kappa shape index (κ3) is 5.39. The fourth-order valence-electron chi connectivity index (χ4n) is 4.15. The molecule has 2 aromatic rings. The number of morpholine rings is 1. The lowest BCUT2D eigenvalue weighted by atomic mass is 9.96. The molecule has 0 bridgehead atoms. The Morgan fingerprint density at radius 3 is 2.86 bits per heavy atom. The number of piperidine rings is 1. The highest BCUT2D eigenvalue weighted by Crippen LogP contribution is 2.22. The molecule has 2 aromatic heterocycles. The molecule has 8 heteroatoms. The summed E-state index contributed by atoms with van der Waals surface area (Å²) >= 11 is 0. The number of aryl methyl sites for hydroxylation is 1. The molecule has 2 fully saturated rings. The van der Waals surface area contributed by atoms with Crippen LogP contribution in [0.1, 0.15) is 41.9 Å². The van der Waals surface area contributed by atoms with Gasteiger partial charge in [-0.15, -0.1) is 5.10 Å². The maximum atomic E-state index is 13.1. The van der Waals surface area contributed by atoms with Crippen molar-refractivity contribution in [2.24, 2.45) is 0 Å². The number of hydrogen-bond donors (Lipinski definition) is 0. The highest BCUT2D eigenvalue weighted by Gasteiger charge is 2.29. The molecule has 0 unspecified atom stereocenters. The number of carbonyl (C=O) groups excluding carboxylic acids is 1. The number of likely N-dealkylation sites (tertiary alicyclic amines) is 1. The first-order chi connectivity index (χ1) is 14.3. The Balaban J connectivity index is 1.33. The molecule has 0 aromatic carbocycles. The second kappa shape index (κ2) is 9.93. The van der Waals surface area contributed by atoms with Crippen molar-refractivity contribution in [1.82, 2.24) is 29.8 Å². The smallest absolute Gasteiger partial charge is 0.276 e. The number of amides is 1. The monoisotopic (exact) mass is 398 g/mol. The fourth-order valence-corrected chi connectivity index (χ4v) is 4.15. The van der Waals surface area contributed by atoms with Gasteiger partial charge in [0.15, 0.2) is 5.69 Å². The molecular weight excluding hydrogens is 368 g/mol. The molecule has 4 heterocycles. The lowest BCUT2D eigenvalue weighted by Gasteiger charge is -2.35. The van der Waals surface area contributed by atoms with Gasteiger partial charge in [0.1, 0.15) is 0 Å². The molecule has 0 radical (unpaired) electrons. The maximum absolute atomic E-state index is 13.1. The summed E-state index contributed by atoms with van der Waals surface area (Å²) < 4.78 is 7.17. The largest absolute Gasteiger partial charge is 0.379 e. The van der Waals surface area contributed by atoms with Crippen LogP contribution in [0.25, 0.3) is 0 Å². The molecule has 0 spiro atoms. The highest BCUT2D eigenvalue weighted by atomic mass is 16.5. The fraction of sp³-hybridized carbons (Fsp3) is 0.619. The van der Waals surface area contributed by atoms with E-state index < -0.39 is 0 Å². The van der Waals surface area contributed by atoms with Crippen LogP contribution < -0.4 is 0 Å². The van der Waals surface area contributed by atoms with Crippen LogP contribution in [0.15, 0.2) is 30.6 Å². The highest BCUT2D eigenvalue weighted by molar-refractivity contribution is 5.92. The minimum atomic E-state index is 0.00773. The van der Waals surface area contributed by atoms with Crippen molar-refractivity contribution in [3.8, 4) is 0 Å². The number of rotatable bonds is 7. The molecule has 4 rings (SSSR count). The summed E-state index contributed by atoms with van der Waals surface area (Å²) in [4.78, 5) is 21.9. The molecule has 0 saturated carbocycles. The average Bonchev–Trinajstić information content (AvgIpc) is 3.26. The van der Waals surface area contributed by atoms with Gasteiger partial charge in [0, 0.05) is 44.1 Å². The van der Waals surface area contributed by atoms with E-state index in [0.29, 0.717) is 5.69 Å². The van der Waals surface area contributed by atoms with E-state index in [-0.39, 0.29) is 11.9 Å². The summed E-state index contributed by atoms with van der Waals surface area (Å²) in [5.41, 5.74) is 1.54. The van der Waals surface area contributed by atoms with Crippen molar-refractivity contribution in [2.75, 3.05) is 39.4 Å². The van der Waals surface area contributed by atoms with E-state index in [4.69, 9.17) is 4.74 Å². The second-order valence-electron chi connectivity index (χ2n) is 7.83. The zero-order valence-corrected chi connectivity index (χ0v) is 16.9. The van der Waals surface area contributed by atoms with E-state index in [1.165, 1.54) is 6.42 Å². The van der Waals surface area contributed by atoms with E-state index in [1.54, 1.807) is 10.9 Å². The Hall–Kier alpha value is -2.32. The van der Waals surface area contributed by atoms with Gasteiger partial charge >= 0.3 is 0 Å². The van der Waals surface area contributed by atoms with Gasteiger partial charge in [0.25, 0.3) is 5.91 Å². The Morgan fingerprint density at radius 1 is 1.14 bits per heavy atom. The maximum Gasteiger partial charge on any atom is 0.276 e. The van der Waals surface area contributed by atoms with Crippen LogP contribution in [0.4, 0.5) is 0 Å². The van der Waals surface area contributed by atoms with E-state index in [1.807, 2.05) is 23.2 Å². The molecular formula is C21H30N6O2. The van der Waals surface area contributed by atoms with Crippen molar-refractivity contribution in [1.29, 1.82) is 0 Å². The quantitative estimate of drug-likeness (QED) is 0.706. The van der Waals surface area contributed by atoms with Gasteiger partial charge in [-0.25, -0.2) is 0 Å². The van der Waals surface area contributed by atoms with Crippen molar-refractivity contribution in [3.63, 3.8) is 0 Å². The molecule has 1 atom stereocenters. The van der Waals surface area contributed by atoms with E-state index in [2.05, 4.69) is 26.3 Å². The molecule has 2 aliphatic heterocycles. The SMILES string of the molecule is O=C(c1cn(CCN2CCOCC2)nn1)N1CCCC[C@H]1CCc1ccccn1. The molecule has 0 N–H and O–H groups in total. The van der Waals surface area contributed by atoms with Crippen LogP contribution in [0, 0.1) is 0 Å². The third-order valence-electron chi connectivity index (χ3n) is 5.85. The van der Waals surface area contributed by atoms with Crippen molar-refractivity contribution in [3.05, 3.63) is 42.0 Å². The van der Waals surface area contributed by atoms with Crippen LogP contribution in [-0.4, -0.2) is 81.1 Å². The normalized spacial score (nSPS) is 20.7. The Labute approximate surface area is 171 Å². The summed E-state index contributed by atoms with van der Waals surface area (Å²) in [7, 11) is 0. The lowest BCUT2D eigenvalue weighted by molar-refractivity contribution is 0.0359. The van der Waals surface area contributed by atoms with Gasteiger partial charge < -0.3 is 9.64 Å². The van der Waals surface area contributed by atoms with Gasteiger partial charge in [-0.1, -0.05) is 11.3 Å². The molecule has 156 valence electrons. The summed E-state index contributed by atoms with van der Waals surface area (Å²) in [6.07, 6.45) is 8.72. The molecule has 2 aliphatic rings. The van der Waals surface area contributed by atoms with Crippen LogP contribution in [0.5, 0.6) is 0 Å². The Bertz CT molecular complexity index is 774. The zero-order chi connectivity index (χ0) is 19.9.